The molecule has 1 aliphatic carbocycles. The molecule has 0 bridgehead atoms. The van der Waals surface area contributed by atoms with Crippen LogP contribution < -0.4 is 0 Å². The van der Waals surface area contributed by atoms with Crippen molar-refractivity contribution in [2.75, 3.05) is 0 Å². The first-order valence-electron chi connectivity index (χ1n) is 9.01. The second-order valence-electron chi connectivity index (χ2n) is 7.14. The van der Waals surface area contributed by atoms with Crippen molar-refractivity contribution in [3.63, 3.8) is 0 Å². The Morgan fingerprint density at radius 3 is 2.24 bits per heavy atom. The number of carbonyl (C=O) groups excluding carboxylic acids is 3. The number of rotatable bonds is 4. The Balaban J connectivity index is 1.96. The summed E-state index contributed by atoms with van der Waals surface area (Å²) < 4.78 is 0. The third-order valence-electron chi connectivity index (χ3n) is 5.36. The first kappa shape index (κ1) is 17.5. The van der Waals surface area contributed by atoms with E-state index in [4.69, 9.17) is 0 Å². The fraction of sp³-hybridized carbons (Fsp3) is 0.409. The van der Waals surface area contributed by atoms with Gasteiger partial charge >= 0.3 is 0 Å². The summed E-state index contributed by atoms with van der Waals surface area (Å²) in [4.78, 5) is 37.2. The standard InChI is InChI=1S/C22H24O3/c1-4-7-19(23)22-20(24)11-15(12-21(22)25)18-10-13(2)16-8-5-6-9-17(16)14(18)3/h5-6,8-10,15,22H,4,7,11-12H2,1-3H3. The van der Waals surface area contributed by atoms with E-state index in [2.05, 4.69) is 32.0 Å². The van der Waals surface area contributed by atoms with Gasteiger partial charge in [-0.3, -0.25) is 14.4 Å². The smallest absolute Gasteiger partial charge is 0.151 e. The first-order chi connectivity index (χ1) is 11.9. The summed E-state index contributed by atoms with van der Waals surface area (Å²) in [6, 6.07) is 10.3. The molecular weight excluding hydrogens is 312 g/mol. The number of fused-ring (bicyclic) bond motifs is 1. The lowest BCUT2D eigenvalue weighted by molar-refractivity contribution is -0.142. The SMILES string of the molecule is CCCC(=O)C1C(=O)CC(c2cc(C)c3ccccc3c2C)CC1=O. The highest BCUT2D eigenvalue weighted by Gasteiger charge is 2.40. The molecule has 0 N–H and O–H groups in total. The molecule has 1 saturated carbocycles. The van der Waals surface area contributed by atoms with Crippen LogP contribution in [0.4, 0.5) is 0 Å². The number of aryl methyl sites for hydroxylation is 2. The van der Waals surface area contributed by atoms with Crippen LogP contribution in [0.2, 0.25) is 0 Å². The maximum absolute atomic E-state index is 12.5. The summed E-state index contributed by atoms with van der Waals surface area (Å²) in [6.07, 6.45) is 1.54. The Morgan fingerprint density at radius 2 is 1.64 bits per heavy atom. The summed E-state index contributed by atoms with van der Waals surface area (Å²) in [7, 11) is 0. The molecule has 0 spiro atoms. The molecule has 1 fully saturated rings. The molecule has 0 aromatic heterocycles. The summed E-state index contributed by atoms with van der Waals surface area (Å²) in [5.74, 6) is -1.75. The van der Waals surface area contributed by atoms with Crippen LogP contribution in [0.3, 0.4) is 0 Å². The summed E-state index contributed by atoms with van der Waals surface area (Å²) in [5.41, 5.74) is 3.35. The van der Waals surface area contributed by atoms with E-state index in [0.29, 0.717) is 12.8 Å². The highest BCUT2D eigenvalue weighted by atomic mass is 16.2. The van der Waals surface area contributed by atoms with E-state index >= 15 is 0 Å². The summed E-state index contributed by atoms with van der Waals surface area (Å²) >= 11 is 0. The third-order valence-corrected chi connectivity index (χ3v) is 5.36. The van der Waals surface area contributed by atoms with Crippen LogP contribution in [-0.2, 0) is 14.4 Å². The molecule has 0 saturated heterocycles. The van der Waals surface area contributed by atoms with Gasteiger partial charge in [0.15, 0.2) is 17.3 Å². The van der Waals surface area contributed by atoms with E-state index in [9.17, 15) is 14.4 Å². The van der Waals surface area contributed by atoms with Crippen molar-refractivity contribution in [3.05, 3.63) is 47.0 Å². The zero-order valence-electron chi connectivity index (χ0n) is 15.1. The molecule has 3 nitrogen and oxygen atoms in total. The van der Waals surface area contributed by atoms with Crippen LogP contribution in [0.15, 0.2) is 30.3 Å². The van der Waals surface area contributed by atoms with Gasteiger partial charge in [-0.15, -0.1) is 0 Å². The minimum absolute atomic E-state index is 0.117. The van der Waals surface area contributed by atoms with Gasteiger partial charge in [-0.2, -0.15) is 0 Å². The van der Waals surface area contributed by atoms with Crippen molar-refractivity contribution in [1.82, 2.24) is 0 Å². The van der Waals surface area contributed by atoms with Crippen molar-refractivity contribution < 1.29 is 14.4 Å². The van der Waals surface area contributed by atoms with E-state index in [1.54, 1.807) is 0 Å². The highest BCUT2D eigenvalue weighted by molar-refractivity contribution is 6.21. The molecular formula is C22H24O3. The van der Waals surface area contributed by atoms with Crippen molar-refractivity contribution in [2.24, 2.45) is 5.92 Å². The first-order valence-corrected chi connectivity index (χ1v) is 9.01. The van der Waals surface area contributed by atoms with Gasteiger partial charge in [0.2, 0.25) is 0 Å². The van der Waals surface area contributed by atoms with Crippen LogP contribution in [0.25, 0.3) is 10.8 Å². The van der Waals surface area contributed by atoms with Crippen LogP contribution >= 0.6 is 0 Å². The summed E-state index contributed by atoms with van der Waals surface area (Å²) in [5, 5.41) is 2.37. The molecule has 0 radical (unpaired) electrons. The normalized spacial score (nSPS) is 20.9. The molecule has 3 rings (SSSR count). The molecule has 3 heteroatoms. The van der Waals surface area contributed by atoms with Crippen molar-refractivity contribution in [1.29, 1.82) is 0 Å². The number of ketones is 3. The largest absolute Gasteiger partial charge is 0.298 e. The van der Waals surface area contributed by atoms with Crippen LogP contribution in [0, 0.1) is 19.8 Å². The quantitative estimate of drug-likeness (QED) is 0.775. The average Bonchev–Trinajstić information content (AvgIpc) is 2.57. The maximum Gasteiger partial charge on any atom is 0.151 e. The van der Waals surface area contributed by atoms with Crippen LogP contribution in [0.5, 0.6) is 0 Å². The number of carbonyl (C=O) groups is 3. The lowest BCUT2D eigenvalue weighted by atomic mass is 9.73. The molecule has 0 atom stereocenters. The van der Waals surface area contributed by atoms with Gasteiger partial charge in [0.1, 0.15) is 5.92 Å². The second-order valence-corrected chi connectivity index (χ2v) is 7.14. The number of Topliss-reactive ketones (excluding diaryl/α,β-unsaturated/α-hetero) is 3. The predicted molar refractivity (Wildman–Crippen MR) is 98.8 cm³/mol. The Kier molecular flexibility index (Phi) is 4.85. The van der Waals surface area contributed by atoms with Gasteiger partial charge in [0.25, 0.3) is 0 Å². The lowest BCUT2D eigenvalue weighted by Crippen LogP contribution is -2.38. The Bertz CT molecular complexity index is 845. The van der Waals surface area contributed by atoms with Crippen LogP contribution in [-0.4, -0.2) is 17.3 Å². The Hall–Kier alpha value is -2.29. The van der Waals surface area contributed by atoms with Gasteiger partial charge in [-0.25, -0.2) is 0 Å². The van der Waals surface area contributed by atoms with E-state index < -0.39 is 5.92 Å². The fourth-order valence-electron chi connectivity index (χ4n) is 4.10. The second kappa shape index (κ2) is 6.91. The molecule has 2 aromatic rings. The highest BCUT2D eigenvalue weighted by Crippen LogP contribution is 2.37. The Labute approximate surface area is 148 Å². The van der Waals surface area contributed by atoms with Crippen molar-refractivity contribution in [2.45, 2.75) is 52.4 Å². The van der Waals surface area contributed by atoms with Crippen molar-refractivity contribution in [3.8, 4) is 0 Å². The van der Waals surface area contributed by atoms with Crippen LogP contribution in [0.1, 0.15) is 55.2 Å². The topological polar surface area (TPSA) is 51.2 Å². The minimum Gasteiger partial charge on any atom is -0.298 e. The average molecular weight is 336 g/mol. The van der Waals surface area contributed by atoms with Crippen molar-refractivity contribution >= 4 is 28.1 Å². The molecule has 0 aliphatic heterocycles. The molecule has 0 heterocycles. The molecule has 0 amide bonds. The molecule has 2 aromatic carbocycles. The predicted octanol–water partition coefficient (Wildman–Crippen LogP) is 4.46. The molecule has 130 valence electrons. The van der Waals surface area contributed by atoms with Gasteiger partial charge in [0, 0.05) is 19.3 Å². The van der Waals surface area contributed by atoms with Gasteiger partial charge < -0.3 is 0 Å². The monoisotopic (exact) mass is 336 g/mol. The van der Waals surface area contributed by atoms with Gasteiger partial charge in [-0.1, -0.05) is 37.3 Å². The van der Waals surface area contributed by atoms with E-state index in [-0.39, 0.29) is 36.1 Å². The zero-order valence-corrected chi connectivity index (χ0v) is 15.1. The van der Waals surface area contributed by atoms with Gasteiger partial charge in [0.05, 0.1) is 0 Å². The molecule has 0 unspecified atom stereocenters. The number of hydrogen-bond acceptors (Lipinski definition) is 3. The molecule has 25 heavy (non-hydrogen) atoms. The molecule has 1 aliphatic rings. The number of benzene rings is 2. The summed E-state index contributed by atoms with van der Waals surface area (Å²) in [6.45, 7) is 6.01. The Morgan fingerprint density at radius 1 is 1.04 bits per heavy atom. The number of hydrogen-bond donors (Lipinski definition) is 0. The van der Waals surface area contributed by atoms with E-state index in [1.807, 2.05) is 19.1 Å². The third kappa shape index (κ3) is 3.15. The maximum atomic E-state index is 12.5. The lowest BCUT2D eigenvalue weighted by Gasteiger charge is -2.28. The van der Waals surface area contributed by atoms with Gasteiger partial charge in [-0.05, 0) is 53.6 Å². The van der Waals surface area contributed by atoms with E-state index in [1.165, 1.54) is 10.8 Å². The minimum atomic E-state index is -1.02. The zero-order chi connectivity index (χ0) is 18.1. The fourth-order valence-corrected chi connectivity index (χ4v) is 4.10. The van der Waals surface area contributed by atoms with E-state index in [0.717, 1.165) is 16.7 Å².